The Morgan fingerprint density at radius 3 is 2.00 bits per heavy atom. The summed E-state index contributed by atoms with van der Waals surface area (Å²) in [6.07, 6.45) is 0. The highest BCUT2D eigenvalue weighted by molar-refractivity contribution is 5.64. The first kappa shape index (κ1) is 13.8. The van der Waals surface area contributed by atoms with Crippen LogP contribution in [0, 0.1) is 5.82 Å². The monoisotopic (exact) mass is 258 g/mol. The van der Waals surface area contributed by atoms with E-state index < -0.39 is 0 Å². The molecule has 0 radical (unpaired) electrons. The highest BCUT2D eigenvalue weighted by Crippen LogP contribution is 2.27. The van der Waals surface area contributed by atoms with Crippen LogP contribution in [0.2, 0.25) is 0 Å². The quantitative estimate of drug-likeness (QED) is 0.852. The lowest BCUT2D eigenvalue weighted by atomic mass is 9.86. The summed E-state index contributed by atoms with van der Waals surface area (Å²) < 4.78 is 13.6. The van der Waals surface area contributed by atoms with Crippen LogP contribution in [0.25, 0.3) is 11.1 Å². The molecular weight excluding hydrogens is 239 g/mol. The Bertz CT molecular complexity index is 565. The Morgan fingerprint density at radius 1 is 0.947 bits per heavy atom. The van der Waals surface area contributed by atoms with E-state index in [-0.39, 0.29) is 17.8 Å². The van der Waals surface area contributed by atoms with E-state index in [1.807, 2.05) is 18.2 Å². The van der Waals surface area contributed by atoms with Crippen LogP contribution < -0.4 is 0 Å². The van der Waals surface area contributed by atoms with Crippen molar-refractivity contribution in [2.45, 2.75) is 32.8 Å². The number of benzene rings is 2. The molecule has 0 heterocycles. The number of hydrogen-bond donors (Lipinski definition) is 1. The zero-order valence-electron chi connectivity index (χ0n) is 11.6. The molecule has 0 amide bonds. The number of halogens is 1. The summed E-state index contributed by atoms with van der Waals surface area (Å²) in [6.45, 7) is 6.22. The molecule has 2 aromatic carbocycles. The molecule has 0 saturated heterocycles. The predicted octanol–water partition coefficient (Wildman–Crippen LogP) is 4.28. The van der Waals surface area contributed by atoms with E-state index in [1.165, 1.54) is 11.6 Å². The largest absolute Gasteiger partial charge is 0.392 e. The number of aliphatic hydroxyl groups excluding tert-OH is 1. The highest BCUT2D eigenvalue weighted by atomic mass is 19.1. The molecule has 0 fully saturated rings. The molecule has 19 heavy (non-hydrogen) atoms. The van der Waals surface area contributed by atoms with Gasteiger partial charge in [-0.1, -0.05) is 57.2 Å². The maximum absolute atomic E-state index is 13.6. The van der Waals surface area contributed by atoms with Gasteiger partial charge in [0, 0.05) is 5.56 Å². The Hall–Kier alpha value is -1.67. The predicted molar refractivity (Wildman–Crippen MR) is 76.5 cm³/mol. The third-order valence-electron chi connectivity index (χ3n) is 3.31. The molecule has 100 valence electrons. The van der Waals surface area contributed by atoms with Gasteiger partial charge in [-0.25, -0.2) is 4.39 Å². The second kappa shape index (κ2) is 5.14. The molecule has 0 bridgehead atoms. The van der Waals surface area contributed by atoms with Crippen LogP contribution in [0.15, 0.2) is 42.5 Å². The SMILES string of the molecule is CC(C)(C)c1ccc(-c2ccc(CO)c(F)c2)cc1. The molecule has 0 aliphatic carbocycles. The maximum Gasteiger partial charge on any atom is 0.129 e. The maximum atomic E-state index is 13.6. The Kier molecular flexibility index (Phi) is 3.72. The third-order valence-corrected chi connectivity index (χ3v) is 3.31. The molecule has 0 atom stereocenters. The Labute approximate surface area is 113 Å². The molecule has 2 heteroatoms. The molecule has 1 N–H and O–H groups in total. The van der Waals surface area contributed by atoms with Crippen molar-refractivity contribution in [2.24, 2.45) is 0 Å². The normalized spacial score (nSPS) is 11.6. The van der Waals surface area contributed by atoms with E-state index in [2.05, 4.69) is 32.9 Å². The van der Waals surface area contributed by atoms with Crippen LogP contribution in [-0.2, 0) is 12.0 Å². The van der Waals surface area contributed by atoms with Gasteiger partial charge in [-0.15, -0.1) is 0 Å². The molecule has 0 aliphatic rings. The van der Waals surface area contributed by atoms with Gasteiger partial charge in [0.1, 0.15) is 5.82 Å². The van der Waals surface area contributed by atoms with Crippen molar-refractivity contribution in [1.82, 2.24) is 0 Å². The number of rotatable bonds is 2. The average molecular weight is 258 g/mol. The van der Waals surface area contributed by atoms with Crippen LogP contribution in [0.5, 0.6) is 0 Å². The van der Waals surface area contributed by atoms with Gasteiger partial charge in [0.2, 0.25) is 0 Å². The molecule has 2 aromatic rings. The van der Waals surface area contributed by atoms with Gasteiger partial charge in [-0.2, -0.15) is 0 Å². The van der Waals surface area contributed by atoms with Crippen LogP contribution in [-0.4, -0.2) is 5.11 Å². The minimum absolute atomic E-state index is 0.116. The fourth-order valence-corrected chi connectivity index (χ4v) is 2.02. The van der Waals surface area contributed by atoms with Crippen molar-refractivity contribution in [2.75, 3.05) is 0 Å². The van der Waals surface area contributed by atoms with Crippen molar-refractivity contribution in [3.05, 3.63) is 59.4 Å². The Morgan fingerprint density at radius 2 is 1.53 bits per heavy atom. The summed E-state index contributed by atoms with van der Waals surface area (Å²) in [5.74, 6) is -0.361. The van der Waals surface area contributed by atoms with Crippen LogP contribution in [0.4, 0.5) is 4.39 Å². The van der Waals surface area contributed by atoms with E-state index >= 15 is 0 Å². The lowest BCUT2D eigenvalue weighted by Gasteiger charge is -2.19. The van der Waals surface area contributed by atoms with Crippen LogP contribution in [0.1, 0.15) is 31.9 Å². The van der Waals surface area contributed by atoms with E-state index in [0.29, 0.717) is 5.56 Å². The van der Waals surface area contributed by atoms with Crippen LogP contribution >= 0.6 is 0 Å². The zero-order valence-corrected chi connectivity index (χ0v) is 11.6. The van der Waals surface area contributed by atoms with Crippen molar-refractivity contribution in [1.29, 1.82) is 0 Å². The van der Waals surface area contributed by atoms with Crippen molar-refractivity contribution >= 4 is 0 Å². The summed E-state index contributed by atoms with van der Waals surface area (Å²) in [4.78, 5) is 0. The van der Waals surface area contributed by atoms with E-state index in [4.69, 9.17) is 5.11 Å². The molecule has 2 rings (SSSR count). The smallest absolute Gasteiger partial charge is 0.129 e. The fourth-order valence-electron chi connectivity index (χ4n) is 2.02. The molecule has 0 spiro atoms. The first-order valence-electron chi connectivity index (χ1n) is 6.42. The summed E-state index contributed by atoms with van der Waals surface area (Å²) >= 11 is 0. The standard InChI is InChI=1S/C17H19FO/c1-17(2,3)15-8-6-12(7-9-15)13-4-5-14(11-19)16(18)10-13/h4-10,19H,11H2,1-3H3. The van der Waals surface area contributed by atoms with Gasteiger partial charge in [-0.05, 0) is 28.2 Å². The van der Waals surface area contributed by atoms with E-state index in [1.54, 1.807) is 6.07 Å². The van der Waals surface area contributed by atoms with Gasteiger partial charge in [-0.3, -0.25) is 0 Å². The lowest BCUT2D eigenvalue weighted by molar-refractivity contribution is 0.276. The first-order chi connectivity index (χ1) is 8.91. The van der Waals surface area contributed by atoms with E-state index in [9.17, 15) is 4.39 Å². The van der Waals surface area contributed by atoms with Gasteiger partial charge < -0.3 is 5.11 Å². The van der Waals surface area contributed by atoms with E-state index in [0.717, 1.165) is 11.1 Å². The first-order valence-corrected chi connectivity index (χ1v) is 6.42. The third kappa shape index (κ3) is 3.02. The average Bonchev–Trinajstić information content (AvgIpc) is 2.38. The summed E-state index contributed by atoms with van der Waals surface area (Å²) in [7, 11) is 0. The minimum Gasteiger partial charge on any atom is -0.392 e. The summed E-state index contributed by atoms with van der Waals surface area (Å²) in [6, 6.07) is 13.1. The van der Waals surface area contributed by atoms with Crippen molar-refractivity contribution in [3.8, 4) is 11.1 Å². The van der Waals surface area contributed by atoms with Gasteiger partial charge in [0.15, 0.2) is 0 Å². The van der Waals surface area contributed by atoms with Crippen LogP contribution in [0.3, 0.4) is 0 Å². The second-order valence-electron chi connectivity index (χ2n) is 5.79. The minimum atomic E-state index is -0.361. The summed E-state index contributed by atoms with van der Waals surface area (Å²) in [5, 5.41) is 8.97. The zero-order chi connectivity index (χ0) is 14.0. The summed E-state index contributed by atoms with van der Waals surface area (Å²) in [5.41, 5.74) is 3.51. The number of aliphatic hydroxyl groups is 1. The van der Waals surface area contributed by atoms with Gasteiger partial charge >= 0.3 is 0 Å². The molecular formula is C17H19FO. The Balaban J connectivity index is 2.35. The molecule has 0 aromatic heterocycles. The topological polar surface area (TPSA) is 20.2 Å². The number of hydrogen-bond acceptors (Lipinski definition) is 1. The molecule has 0 aliphatic heterocycles. The lowest BCUT2D eigenvalue weighted by Crippen LogP contribution is -2.10. The van der Waals surface area contributed by atoms with Gasteiger partial charge in [0.25, 0.3) is 0 Å². The van der Waals surface area contributed by atoms with Crippen molar-refractivity contribution < 1.29 is 9.50 Å². The van der Waals surface area contributed by atoms with Gasteiger partial charge in [0.05, 0.1) is 6.61 Å². The molecule has 0 saturated carbocycles. The second-order valence-corrected chi connectivity index (χ2v) is 5.79. The highest BCUT2D eigenvalue weighted by Gasteiger charge is 2.13. The fraction of sp³-hybridized carbons (Fsp3) is 0.294. The molecule has 0 unspecified atom stereocenters. The molecule has 1 nitrogen and oxygen atoms in total. The van der Waals surface area contributed by atoms with Crippen molar-refractivity contribution in [3.63, 3.8) is 0 Å².